The second-order valence-electron chi connectivity index (χ2n) is 8.03. The normalized spacial score (nSPS) is 15.6. The predicted molar refractivity (Wildman–Crippen MR) is 125 cm³/mol. The molecule has 3 rings (SSSR count). The van der Waals surface area contributed by atoms with Crippen molar-refractivity contribution < 1.29 is 14.3 Å². The molecular weight excluding hydrogens is 390 g/mol. The molecule has 6 nitrogen and oxygen atoms in total. The summed E-state index contributed by atoms with van der Waals surface area (Å²) in [6.45, 7) is 10.2. The Morgan fingerprint density at radius 2 is 2.10 bits per heavy atom. The lowest BCUT2D eigenvalue weighted by atomic mass is 10.00. The molecule has 2 aromatic rings. The average Bonchev–Trinajstić information content (AvgIpc) is 3.12. The minimum Gasteiger partial charge on any atom is -0.489 e. The molecule has 1 atom stereocenters. The molecule has 0 saturated heterocycles. The number of carbonyl (C=O) groups excluding carboxylic acids is 1. The molecule has 1 aliphatic carbocycles. The lowest BCUT2D eigenvalue weighted by Crippen LogP contribution is -2.30. The van der Waals surface area contributed by atoms with E-state index in [9.17, 15) is 4.79 Å². The largest absolute Gasteiger partial charge is 0.489 e. The number of methoxy groups -OCH3 is 1. The Kier molecular flexibility index (Phi) is 7.13. The molecule has 0 saturated carbocycles. The van der Waals surface area contributed by atoms with E-state index in [-0.39, 0.29) is 24.7 Å². The minimum atomic E-state index is -0.110. The van der Waals surface area contributed by atoms with Crippen LogP contribution in [0.5, 0.6) is 5.75 Å². The number of hydrogen-bond donors (Lipinski definition) is 2. The van der Waals surface area contributed by atoms with Crippen LogP contribution in [0.2, 0.25) is 0 Å². The van der Waals surface area contributed by atoms with Crippen LogP contribution in [0.15, 0.2) is 48.0 Å². The highest BCUT2D eigenvalue weighted by Gasteiger charge is 2.26. The fraction of sp³-hybridized carbons (Fsp3) is 0.360. The van der Waals surface area contributed by atoms with Crippen LogP contribution in [0.4, 0.5) is 5.69 Å². The van der Waals surface area contributed by atoms with E-state index in [2.05, 4.69) is 18.0 Å². The number of carbonyl (C=O) groups is 1. The van der Waals surface area contributed by atoms with Gasteiger partial charge in [0.2, 0.25) is 5.91 Å². The van der Waals surface area contributed by atoms with E-state index in [0.717, 1.165) is 35.2 Å². The van der Waals surface area contributed by atoms with Gasteiger partial charge in [0.1, 0.15) is 12.4 Å². The summed E-state index contributed by atoms with van der Waals surface area (Å²) in [7, 11) is 1.52. The number of aliphatic imine (C=N–C) groups is 1. The van der Waals surface area contributed by atoms with Gasteiger partial charge >= 0.3 is 0 Å². The highest BCUT2D eigenvalue weighted by Crippen LogP contribution is 2.36. The highest BCUT2D eigenvalue weighted by molar-refractivity contribution is 6.02. The molecule has 1 aliphatic rings. The second-order valence-corrected chi connectivity index (χ2v) is 8.03. The molecule has 1 amide bonds. The molecular formula is C25H31N3O3. The van der Waals surface area contributed by atoms with E-state index in [4.69, 9.17) is 20.2 Å². The molecule has 6 heteroatoms. The summed E-state index contributed by atoms with van der Waals surface area (Å²) in [5.74, 6) is 0.564. The fourth-order valence-corrected chi connectivity index (χ4v) is 3.90. The standard InChI is InChI=1S/C25H31N3O3/c1-15(2)31-24-12-9-18(13-22(24)26)16(3)27-17(4)19-7-6-8-21-20(19)10-11-23(21)28-25(29)14-30-5/h6-9,12-13,15,23H,4,10-11,14,26H2,1-3,5H3,(H,28,29). The third kappa shape index (κ3) is 5.33. The topological polar surface area (TPSA) is 85.9 Å². The van der Waals surface area contributed by atoms with Crippen LogP contribution in [0.25, 0.3) is 5.70 Å². The number of benzene rings is 2. The van der Waals surface area contributed by atoms with Crippen molar-refractivity contribution in [1.82, 2.24) is 5.32 Å². The maximum Gasteiger partial charge on any atom is 0.246 e. The van der Waals surface area contributed by atoms with E-state index < -0.39 is 0 Å². The van der Waals surface area contributed by atoms with Crippen molar-refractivity contribution in [3.8, 4) is 5.75 Å². The van der Waals surface area contributed by atoms with Crippen LogP contribution in [0, 0.1) is 0 Å². The van der Waals surface area contributed by atoms with Crippen molar-refractivity contribution >= 4 is 23.0 Å². The van der Waals surface area contributed by atoms with Crippen molar-refractivity contribution in [1.29, 1.82) is 0 Å². The van der Waals surface area contributed by atoms with Gasteiger partial charge in [0.15, 0.2) is 0 Å². The van der Waals surface area contributed by atoms with Gasteiger partial charge in [-0.05, 0) is 68.5 Å². The van der Waals surface area contributed by atoms with Gasteiger partial charge in [0.25, 0.3) is 0 Å². The molecule has 0 aliphatic heterocycles. The van der Waals surface area contributed by atoms with Crippen molar-refractivity contribution in [2.75, 3.05) is 19.5 Å². The molecule has 0 fully saturated rings. The summed E-state index contributed by atoms with van der Waals surface area (Å²) in [4.78, 5) is 16.7. The number of ether oxygens (including phenoxy) is 2. The van der Waals surface area contributed by atoms with Crippen LogP contribution in [0.1, 0.15) is 55.5 Å². The van der Waals surface area contributed by atoms with Crippen LogP contribution < -0.4 is 15.8 Å². The number of rotatable bonds is 8. The molecule has 3 N–H and O–H groups in total. The number of nitrogens with two attached hydrogens (primary N) is 1. The highest BCUT2D eigenvalue weighted by atomic mass is 16.5. The Balaban J connectivity index is 1.81. The molecule has 1 unspecified atom stereocenters. The summed E-state index contributed by atoms with van der Waals surface area (Å²) in [6, 6.07) is 11.8. The molecule has 0 spiro atoms. The number of hydrogen-bond acceptors (Lipinski definition) is 5. The number of anilines is 1. The molecule has 0 bridgehead atoms. The van der Waals surface area contributed by atoms with E-state index in [1.54, 1.807) is 0 Å². The van der Waals surface area contributed by atoms with Gasteiger partial charge in [-0.25, -0.2) is 0 Å². The van der Waals surface area contributed by atoms with Gasteiger partial charge < -0.3 is 20.5 Å². The molecule has 0 radical (unpaired) electrons. The molecule has 31 heavy (non-hydrogen) atoms. The van der Waals surface area contributed by atoms with Gasteiger partial charge in [0.05, 0.1) is 23.5 Å². The average molecular weight is 422 g/mol. The zero-order valence-corrected chi connectivity index (χ0v) is 18.7. The third-order valence-electron chi connectivity index (χ3n) is 5.29. The van der Waals surface area contributed by atoms with Crippen LogP contribution >= 0.6 is 0 Å². The first-order chi connectivity index (χ1) is 14.8. The monoisotopic (exact) mass is 421 g/mol. The van der Waals surface area contributed by atoms with E-state index in [1.807, 2.05) is 51.1 Å². The Morgan fingerprint density at radius 1 is 1.32 bits per heavy atom. The molecule has 2 aromatic carbocycles. The zero-order valence-electron chi connectivity index (χ0n) is 18.7. The summed E-state index contributed by atoms with van der Waals surface area (Å²) in [5, 5.41) is 3.04. The Hall–Kier alpha value is -3.12. The van der Waals surface area contributed by atoms with E-state index in [1.165, 1.54) is 12.7 Å². The smallest absolute Gasteiger partial charge is 0.246 e. The third-order valence-corrected chi connectivity index (χ3v) is 5.29. The van der Waals surface area contributed by atoms with Crippen molar-refractivity contribution in [2.24, 2.45) is 4.99 Å². The molecule has 0 aromatic heterocycles. The SMILES string of the molecule is C=C(N=C(C)c1ccc(OC(C)C)c(N)c1)c1cccc2c1CCC2NC(=O)COC. The van der Waals surface area contributed by atoms with Crippen LogP contribution in [-0.2, 0) is 16.0 Å². The van der Waals surface area contributed by atoms with Crippen molar-refractivity contribution in [3.63, 3.8) is 0 Å². The van der Waals surface area contributed by atoms with Crippen LogP contribution in [-0.4, -0.2) is 31.4 Å². The van der Waals surface area contributed by atoms with Gasteiger partial charge in [-0.3, -0.25) is 9.79 Å². The maximum absolute atomic E-state index is 11.9. The first kappa shape index (κ1) is 22.6. The zero-order chi connectivity index (χ0) is 22.5. The Bertz CT molecular complexity index is 1010. The molecule has 0 heterocycles. The minimum absolute atomic E-state index is 0.0104. The van der Waals surface area contributed by atoms with Crippen LogP contribution in [0.3, 0.4) is 0 Å². The lowest BCUT2D eigenvalue weighted by molar-refractivity contribution is -0.125. The number of fused-ring (bicyclic) bond motifs is 1. The number of nitrogen functional groups attached to an aromatic ring is 1. The van der Waals surface area contributed by atoms with Gasteiger partial charge in [-0.2, -0.15) is 0 Å². The van der Waals surface area contributed by atoms with Crippen molar-refractivity contribution in [3.05, 3.63) is 65.2 Å². The number of nitrogens with zero attached hydrogens (tertiary/aromatic N) is 1. The van der Waals surface area contributed by atoms with Crippen molar-refractivity contribution in [2.45, 2.75) is 45.8 Å². The summed E-state index contributed by atoms with van der Waals surface area (Å²) < 4.78 is 10.6. The number of nitrogens with one attached hydrogen (secondary N) is 1. The van der Waals surface area contributed by atoms with Gasteiger partial charge in [0, 0.05) is 18.4 Å². The fourth-order valence-electron chi connectivity index (χ4n) is 3.90. The first-order valence-electron chi connectivity index (χ1n) is 10.5. The summed E-state index contributed by atoms with van der Waals surface area (Å²) >= 11 is 0. The summed E-state index contributed by atoms with van der Waals surface area (Å²) in [5.41, 5.74) is 12.5. The van der Waals surface area contributed by atoms with Gasteiger partial charge in [-0.15, -0.1) is 0 Å². The Morgan fingerprint density at radius 3 is 2.77 bits per heavy atom. The predicted octanol–water partition coefficient (Wildman–Crippen LogP) is 4.29. The van der Waals surface area contributed by atoms with E-state index in [0.29, 0.717) is 17.1 Å². The second kappa shape index (κ2) is 9.79. The first-order valence-corrected chi connectivity index (χ1v) is 10.5. The summed E-state index contributed by atoms with van der Waals surface area (Å²) in [6.07, 6.45) is 1.78. The van der Waals surface area contributed by atoms with E-state index >= 15 is 0 Å². The quantitative estimate of drug-likeness (QED) is 0.492. The lowest BCUT2D eigenvalue weighted by Gasteiger charge is -2.15. The number of amides is 1. The Labute approximate surface area is 184 Å². The maximum atomic E-state index is 11.9. The molecule has 164 valence electrons. The van der Waals surface area contributed by atoms with Gasteiger partial charge in [-0.1, -0.05) is 24.8 Å².